The number of carbonyl (C=O) groups is 1. The summed E-state index contributed by atoms with van der Waals surface area (Å²) in [5.41, 5.74) is 10.4. The predicted molar refractivity (Wildman–Crippen MR) is 129 cm³/mol. The van der Waals surface area contributed by atoms with Crippen molar-refractivity contribution in [1.29, 1.82) is 5.41 Å². The molecule has 0 aliphatic heterocycles. The predicted octanol–water partition coefficient (Wildman–Crippen LogP) is 3.82. The standard InChI is InChI=1S/C26H24N4O3/c1-33-24(31)15-16-29-17-23(30(26(29)32)22-5-3-2-4-6-22)20-11-7-18(8-12-20)19-9-13-21(14-10-19)25(27)28/h2-14,17H,15-16H2,1H3,(H3,27,28). The monoisotopic (exact) mass is 440 g/mol. The number of aryl methyl sites for hydroxylation is 1. The SMILES string of the molecule is COC(=O)CCn1cc(-c2ccc(-c3ccc(C(=N)N)cc3)cc2)n(-c2ccccc2)c1=O. The highest BCUT2D eigenvalue weighted by Crippen LogP contribution is 2.26. The number of hydrogen-bond acceptors (Lipinski definition) is 4. The van der Waals surface area contributed by atoms with Gasteiger partial charge in [0.1, 0.15) is 5.84 Å². The molecule has 4 aromatic rings. The van der Waals surface area contributed by atoms with Crippen LogP contribution in [0.2, 0.25) is 0 Å². The highest BCUT2D eigenvalue weighted by molar-refractivity contribution is 5.95. The summed E-state index contributed by atoms with van der Waals surface area (Å²) in [6, 6.07) is 24.8. The van der Waals surface area contributed by atoms with Gasteiger partial charge in [-0.1, -0.05) is 66.7 Å². The summed E-state index contributed by atoms with van der Waals surface area (Å²) in [4.78, 5) is 24.8. The smallest absolute Gasteiger partial charge is 0.333 e. The summed E-state index contributed by atoms with van der Waals surface area (Å²) in [6.45, 7) is 0.235. The van der Waals surface area contributed by atoms with Gasteiger partial charge in [0.15, 0.2) is 0 Å². The molecular weight excluding hydrogens is 416 g/mol. The first-order valence-corrected chi connectivity index (χ1v) is 10.5. The molecule has 1 aromatic heterocycles. The first kappa shape index (κ1) is 21.8. The van der Waals surface area contributed by atoms with Crippen molar-refractivity contribution in [2.24, 2.45) is 5.73 Å². The van der Waals surface area contributed by atoms with Crippen molar-refractivity contribution in [2.45, 2.75) is 13.0 Å². The second-order valence-corrected chi connectivity index (χ2v) is 7.56. The molecule has 0 saturated carbocycles. The number of ether oxygens (including phenoxy) is 1. The van der Waals surface area contributed by atoms with Gasteiger partial charge in [-0.05, 0) is 23.3 Å². The molecule has 0 spiro atoms. The van der Waals surface area contributed by atoms with Gasteiger partial charge in [-0.3, -0.25) is 19.3 Å². The molecule has 0 unspecified atom stereocenters. The van der Waals surface area contributed by atoms with E-state index in [1.165, 1.54) is 11.7 Å². The number of nitrogens with one attached hydrogen (secondary N) is 1. The normalized spacial score (nSPS) is 10.7. The fourth-order valence-corrected chi connectivity index (χ4v) is 3.67. The molecule has 166 valence electrons. The number of methoxy groups -OCH3 is 1. The molecule has 0 aliphatic carbocycles. The number of nitrogens with zero attached hydrogens (tertiary/aromatic N) is 2. The van der Waals surface area contributed by atoms with Gasteiger partial charge in [-0.25, -0.2) is 4.79 Å². The zero-order chi connectivity index (χ0) is 23.4. The Hall–Kier alpha value is -4.39. The number of hydrogen-bond donors (Lipinski definition) is 2. The lowest BCUT2D eigenvalue weighted by Gasteiger charge is -2.09. The van der Waals surface area contributed by atoms with Gasteiger partial charge in [0.05, 0.1) is 24.9 Å². The van der Waals surface area contributed by atoms with Gasteiger partial charge in [0.25, 0.3) is 0 Å². The topological polar surface area (TPSA) is 103 Å². The maximum Gasteiger partial charge on any atom is 0.333 e. The second kappa shape index (κ2) is 9.40. The van der Waals surface area contributed by atoms with Crippen LogP contribution in [0.5, 0.6) is 0 Å². The van der Waals surface area contributed by atoms with Crippen LogP contribution < -0.4 is 11.4 Å². The molecule has 3 aromatic carbocycles. The van der Waals surface area contributed by atoms with E-state index in [0.717, 1.165) is 28.1 Å². The third-order valence-corrected chi connectivity index (χ3v) is 5.46. The Labute approximate surface area is 191 Å². The van der Waals surface area contributed by atoms with Gasteiger partial charge in [0, 0.05) is 23.9 Å². The highest BCUT2D eigenvalue weighted by Gasteiger charge is 2.16. The van der Waals surface area contributed by atoms with Crippen LogP contribution in [0.15, 0.2) is 89.9 Å². The lowest BCUT2D eigenvalue weighted by atomic mass is 10.0. The van der Waals surface area contributed by atoms with Gasteiger partial charge in [0.2, 0.25) is 0 Å². The Balaban J connectivity index is 1.72. The molecular formula is C26H24N4O3. The van der Waals surface area contributed by atoms with Crippen LogP contribution in [0.25, 0.3) is 28.1 Å². The molecule has 0 fully saturated rings. The number of aromatic nitrogens is 2. The number of rotatable bonds is 7. The minimum Gasteiger partial charge on any atom is -0.469 e. The van der Waals surface area contributed by atoms with Crippen molar-refractivity contribution in [1.82, 2.24) is 9.13 Å². The fraction of sp³-hybridized carbons (Fsp3) is 0.115. The van der Waals surface area contributed by atoms with E-state index >= 15 is 0 Å². The van der Waals surface area contributed by atoms with E-state index in [0.29, 0.717) is 5.56 Å². The minimum absolute atomic E-state index is 0.0347. The molecule has 0 aliphatic rings. The van der Waals surface area contributed by atoms with Crippen LogP contribution in [-0.4, -0.2) is 28.0 Å². The number of amidine groups is 1. The van der Waals surface area contributed by atoms with E-state index < -0.39 is 0 Å². The molecule has 3 N–H and O–H groups in total. The molecule has 33 heavy (non-hydrogen) atoms. The number of carbonyl (C=O) groups excluding carboxylic acids is 1. The van der Waals surface area contributed by atoms with Crippen LogP contribution in [0.1, 0.15) is 12.0 Å². The second-order valence-electron chi connectivity index (χ2n) is 7.56. The molecule has 0 saturated heterocycles. The first-order chi connectivity index (χ1) is 16.0. The van der Waals surface area contributed by atoms with E-state index in [4.69, 9.17) is 15.9 Å². The maximum atomic E-state index is 13.2. The molecule has 7 nitrogen and oxygen atoms in total. The Morgan fingerprint density at radius 3 is 2.06 bits per heavy atom. The number of esters is 1. The Morgan fingerprint density at radius 2 is 1.48 bits per heavy atom. The van der Waals surface area contributed by atoms with Crippen molar-refractivity contribution in [3.8, 4) is 28.1 Å². The summed E-state index contributed by atoms with van der Waals surface area (Å²) >= 11 is 0. The van der Waals surface area contributed by atoms with Gasteiger partial charge in [-0.2, -0.15) is 0 Å². The van der Waals surface area contributed by atoms with E-state index in [-0.39, 0.29) is 30.5 Å². The Bertz CT molecular complexity index is 1340. The summed E-state index contributed by atoms with van der Waals surface area (Å²) in [5.74, 6) is -0.330. The number of nitrogens with two attached hydrogens (primary N) is 1. The van der Waals surface area contributed by atoms with Crippen LogP contribution in [-0.2, 0) is 16.1 Å². The molecule has 4 rings (SSSR count). The number of nitrogen functional groups attached to an aromatic ring is 1. The van der Waals surface area contributed by atoms with E-state index in [1.807, 2.05) is 78.9 Å². The lowest BCUT2D eigenvalue weighted by molar-refractivity contribution is -0.140. The van der Waals surface area contributed by atoms with E-state index in [9.17, 15) is 9.59 Å². The lowest BCUT2D eigenvalue weighted by Crippen LogP contribution is -2.24. The molecule has 1 heterocycles. The largest absolute Gasteiger partial charge is 0.469 e. The Morgan fingerprint density at radius 1 is 0.909 bits per heavy atom. The average Bonchev–Trinajstić information content (AvgIpc) is 3.19. The third kappa shape index (κ3) is 4.62. The van der Waals surface area contributed by atoms with E-state index in [2.05, 4.69) is 0 Å². The molecule has 0 radical (unpaired) electrons. The number of benzene rings is 3. The highest BCUT2D eigenvalue weighted by atomic mass is 16.5. The quantitative estimate of drug-likeness (QED) is 0.259. The van der Waals surface area contributed by atoms with Crippen molar-refractivity contribution < 1.29 is 9.53 Å². The average molecular weight is 441 g/mol. The summed E-state index contributed by atoms with van der Waals surface area (Å²) in [5, 5.41) is 7.53. The molecule has 0 amide bonds. The molecule has 0 bridgehead atoms. The summed E-state index contributed by atoms with van der Waals surface area (Å²) in [6.07, 6.45) is 1.89. The summed E-state index contributed by atoms with van der Waals surface area (Å²) in [7, 11) is 1.33. The van der Waals surface area contributed by atoms with Gasteiger partial charge >= 0.3 is 11.7 Å². The number of para-hydroxylation sites is 1. The van der Waals surface area contributed by atoms with Crippen LogP contribution in [0, 0.1) is 5.41 Å². The van der Waals surface area contributed by atoms with Gasteiger partial charge < -0.3 is 10.5 Å². The van der Waals surface area contributed by atoms with Crippen molar-refractivity contribution >= 4 is 11.8 Å². The maximum absolute atomic E-state index is 13.2. The zero-order valence-corrected chi connectivity index (χ0v) is 18.2. The Kier molecular flexibility index (Phi) is 6.22. The van der Waals surface area contributed by atoms with E-state index in [1.54, 1.807) is 10.8 Å². The zero-order valence-electron chi connectivity index (χ0n) is 18.2. The minimum atomic E-state index is -0.365. The van der Waals surface area contributed by atoms with Gasteiger partial charge in [-0.15, -0.1) is 0 Å². The van der Waals surface area contributed by atoms with Crippen molar-refractivity contribution in [2.75, 3.05) is 7.11 Å². The third-order valence-electron chi connectivity index (χ3n) is 5.46. The molecule has 7 heteroatoms. The first-order valence-electron chi connectivity index (χ1n) is 10.5. The van der Waals surface area contributed by atoms with Crippen molar-refractivity contribution in [3.63, 3.8) is 0 Å². The number of imidazole rings is 1. The van der Waals surface area contributed by atoms with Crippen LogP contribution in [0.3, 0.4) is 0 Å². The summed E-state index contributed by atoms with van der Waals surface area (Å²) < 4.78 is 7.90. The van der Waals surface area contributed by atoms with Crippen LogP contribution in [0.4, 0.5) is 0 Å². The molecule has 0 atom stereocenters. The fourth-order valence-electron chi connectivity index (χ4n) is 3.67. The van der Waals surface area contributed by atoms with Crippen molar-refractivity contribution in [3.05, 3.63) is 101 Å². The van der Waals surface area contributed by atoms with Crippen LogP contribution >= 0.6 is 0 Å².